The maximum Gasteiger partial charge on any atom is 0.326 e. The van der Waals surface area contributed by atoms with Crippen molar-refractivity contribution < 1.29 is 32.3 Å². The summed E-state index contributed by atoms with van der Waals surface area (Å²) < 4.78 is 39.2. The molecule has 4 N–H and O–H groups in total. The normalized spacial score (nSPS) is 11.9. The van der Waals surface area contributed by atoms with Gasteiger partial charge in [-0.1, -0.05) is 12.3 Å². The first-order valence-corrected chi connectivity index (χ1v) is 15.1. The summed E-state index contributed by atoms with van der Waals surface area (Å²) >= 11 is 0. The topological polar surface area (TPSA) is 179 Å². The maximum atomic E-state index is 15.2. The Morgan fingerprint density at radius 2 is 1.91 bits per heavy atom. The van der Waals surface area contributed by atoms with Gasteiger partial charge in [0.15, 0.2) is 0 Å². The molecule has 14 heteroatoms. The Labute approximate surface area is 247 Å². The molecule has 0 aliphatic rings. The minimum absolute atomic E-state index is 0.0636. The van der Waals surface area contributed by atoms with Crippen LogP contribution in [-0.4, -0.2) is 60.1 Å². The number of aryl methyl sites for hydroxylation is 2. The van der Waals surface area contributed by atoms with Gasteiger partial charge in [0.25, 0.3) is 11.5 Å². The van der Waals surface area contributed by atoms with Crippen molar-refractivity contribution in [2.24, 2.45) is 0 Å². The average molecular weight is 614 g/mol. The Morgan fingerprint density at radius 1 is 1.19 bits per heavy atom. The highest BCUT2D eigenvalue weighted by Gasteiger charge is 2.23. The molecule has 0 saturated carbocycles. The molecule has 0 saturated heterocycles. The lowest BCUT2D eigenvalue weighted by molar-refractivity contribution is -0.139. The van der Waals surface area contributed by atoms with Crippen LogP contribution in [0.3, 0.4) is 0 Å². The number of H-pyrrole nitrogens is 1. The Balaban J connectivity index is 1.72. The maximum absolute atomic E-state index is 15.2. The molecule has 0 aliphatic heterocycles. The van der Waals surface area contributed by atoms with E-state index < -0.39 is 39.7 Å². The van der Waals surface area contributed by atoms with E-state index in [0.29, 0.717) is 22.4 Å². The molecule has 228 valence electrons. The number of aromatic amines is 1. The van der Waals surface area contributed by atoms with Gasteiger partial charge < -0.3 is 20.3 Å². The molecular weight excluding hydrogens is 581 g/mol. The monoisotopic (exact) mass is 613 g/mol. The molecule has 0 fully saturated rings. The number of aromatic nitrogens is 2. The lowest BCUT2D eigenvalue weighted by atomic mass is 10.0. The smallest absolute Gasteiger partial charge is 0.326 e. The summed E-state index contributed by atoms with van der Waals surface area (Å²) in [5.74, 6) is -0.900. The van der Waals surface area contributed by atoms with Gasteiger partial charge in [-0.05, 0) is 68.1 Å². The van der Waals surface area contributed by atoms with Crippen LogP contribution >= 0.6 is 0 Å². The standard InChI is InChI=1S/C29H32FN5O7S/c1-5-12-35(16-19-14-22-25(13-17(19)2)31-18(3)32-28(22)38)20-10-11-21(23(30)15-20)27(37)33-24(29(39)40)8-6-7-9-26(36)34-43(4,41)42/h1,10-11,13-15,24H,6-9,12,16H2,2-4H3,(H,33,37)(H,34,36)(H,39,40)(H,31,32,38)/t24-/m0/s1. The second-order valence-corrected chi connectivity index (χ2v) is 11.8. The number of fused-ring (bicyclic) bond motifs is 1. The molecule has 0 bridgehead atoms. The Hall–Kier alpha value is -4.77. The number of carbonyl (C=O) groups excluding carboxylic acids is 2. The molecule has 12 nitrogen and oxygen atoms in total. The summed E-state index contributed by atoms with van der Waals surface area (Å²) in [5.41, 5.74) is 1.86. The largest absolute Gasteiger partial charge is 0.480 e. The number of anilines is 1. The molecule has 43 heavy (non-hydrogen) atoms. The van der Waals surface area contributed by atoms with Crippen LogP contribution in [0.15, 0.2) is 35.1 Å². The minimum Gasteiger partial charge on any atom is -0.480 e. The second-order valence-electron chi connectivity index (χ2n) is 10.1. The predicted molar refractivity (Wildman–Crippen MR) is 158 cm³/mol. The van der Waals surface area contributed by atoms with E-state index in [-0.39, 0.29) is 49.9 Å². The number of carbonyl (C=O) groups is 3. The van der Waals surface area contributed by atoms with Crippen molar-refractivity contribution in [1.82, 2.24) is 20.0 Å². The number of rotatable bonds is 13. The summed E-state index contributed by atoms with van der Waals surface area (Å²) in [4.78, 5) is 57.2. The van der Waals surface area contributed by atoms with Gasteiger partial charge >= 0.3 is 5.97 Å². The van der Waals surface area contributed by atoms with E-state index in [1.54, 1.807) is 24.0 Å². The molecule has 3 rings (SSSR count). The first-order valence-electron chi connectivity index (χ1n) is 13.2. The van der Waals surface area contributed by atoms with Crippen molar-refractivity contribution in [3.8, 4) is 12.3 Å². The SMILES string of the molecule is C#CCN(Cc1cc2c(=O)[nH]c(C)nc2cc1C)c1ccc(C(=O)N[C@@H](CCCCC(=O)NS(C)(=O)=O)C(=O)O)c(F)c1. The third kappa shape index (κ3) is 9.11. The number of carboxylic acid groups (broad SMARTS) is 1. The van der Waals surface area contributed by atoms with Gasteiger partial charge in [0, 0.05) is 18.7 Å². The van der Waals surface area contributed by atoms with Crippen LogP contribution in [0.2, 0.25) is 0 Å². The molecule has 0 aliphatic carbocycles. The third-order valence-corrected chi connectivity index (χ3v) is 7.14. The summed E-state index contributed by atoms with van der Waals surface area (Å²) in [7, 11) is -3.70. The number of carboxylic acids is 1. The minimum atomic E-state index is -3.70. The first kappa shape index (κ1) is 32.7. The van der Waals surface area contributed by atoms with Gasteiger partial charge in [0.1, 0.15) is 17.7 Å². The number of halogens is 1. The van der Waals surface area contributed by atoms with E-state index in [4.69, 9.17) is 6.42 Å². The number of sulfonamides is 1. The zero-order valence-electron chi connectivity index (χ0n) is 23.9. The van der Waals surface area contributed by atoms with Crippen molar-refractivity contribution in [1.29, 1.82) is 0 Å². The van der Waals surface area contributed by atoms with Crippen LogP contribution in [-0.2, 0) is 26.2 Å². The molecule has 3 aromatic rings. The Morgan fingerprint density at radius 3 is 2.53 bits per heavy atom. The van der Waals surface area contributed by atoms with Gasteiger partial charge in [-0.3, -0.25) is 19.1 Å². The summed E-state index contributed by atoms with van der Waals surface area (Å²) in [5, 5.41) is 12.2. The summed E-state index contributed by atoms with van der Waals surface area (Å²) in [6, 6.07) is 5.97. The highest BCUT2D eigenvalue weighted by Crippen LogP contribution is 2.24. The van der Waals surface area contributed by atoms with Gasteiger partial charge in [-0.2, -0.15) is 0 Å². The predicted octanol–water partition coefficient (Wildman–Crippen LogP) is 2.14. The first-order chi connectivity index (χ1) is 20.2. The quantitative estimate of drug-likeness (QED) is 0.166. The zero-order chi connectivity index (χ0) is 31.9. The number of benzene rings is 2. The molecule has 2 amide bonds. The van der Waals surface area contributed by atoms with Gasteiger partial charge in [-0.15, -0.1) is 6.42 Å². The highest BCUT2D eigenvalue weighted by atomic mass is 32.2. The van der Waals surface area contributed by atoms with Crippen molar-refractivity contribution >= 4 is 44.4 Å². The number of hydrogen-bond acceptors (Lipinski definition) is 8. The third-order valence-electron chi connectivity index (χ3n) is 6.54. The molecule has 1 heterocycles. The fourth-order valence-corrected chi connectivity index (χ4v) is 4.96. The molecule has 0 radical (unpaired) electrons. The molecule has 1 atom stereocenters. The molecule has 0 unspecified atom stereocenters. The fraction of sp³-hybridized carbons (Fsp3) is 0.345. The number of unbranched alkanes of at least 4 members (excludes halogenated alkanes) is 1. The van der Waals surface area contributed by atoms with E-state index in [0.717, 1.165) is 23.4 Å². The summed E-state index contributed by atoms with van der Waals surface area (Å²) in [6.07, 6.45) is 6.55. The van der Waals surface area contributed by atoms with Crippen LogP contribution in [0.25, 0.3) is 10.9 Å². The average Bonchev–Trinajstić information content (AvgIpc) is 2.89. The highest BCUT2D eigenvalue weighted by molar-refractivity contribution is 7.89. The Kier molecular flexibility index (Phi) is 10.6. The van der Waals surface area contributed by atoms with Gasteiger partial charge in [0.2, 0.25) is 15.9 Å². The fourth-order valence-electron chi connectivity index (χ4n) is 4.45. The molecule has 1 aromatic heterocycles. The number of terminal acetylenes is 1. The van der Waals surface area contributed by atoms with Gasteiger partial charge in [-0.25, -0.2) is 22.6 Å². The number of hydrogen-bond donors (Lipinski definition) is 4. The van der Waals surface area contributed by atoms with Crippen molar-refractivity contribution in [2.75, 3.05) is 17.7 Å². The molecule has 2 aromatic carbocycles. The van der Waals surface area contributed by atoms with Crippen molar-refractivity contribution in [3.05, 3.63) is 69.0 Å². The van der Waals surface area contributed by atoms with Crippen molar-refractivity contribution in [3.63, 3.8) is 0 Å². The zero-order valence-corrected chi connectivity index (χ0v) is 24.7. The van der Waals surface area contributed by atoms with Crippen LogP contribution in [0, 0.1) is 32.0 Å². The molecular formula is C29H32FN5O7S. The molecule has 0 spiro atoms. The number of nitrogens with zero attached hydrogens (tertiary/aromatic N) is 2. The van der Waals surface area contributed by atoms with Crippen LogP contribution in [0.4, 0.5) is 10.1 Å². The van der Waals surface area contributed by atoms with Crippen LogP contribution in [0.5, 0.6) is 0 Å². The van der Waals surface area contributed by atoms with Crippen LogP contribution < -0.4 is 20.5 Å². The summed E-state index contributed by atoms with van der Waals surface area (Å²) in [6.45, 7) is 3.87. The van der Waals surface area contributed by atoms with E-state index in [2.05, 4.69) is 21.2 Å². The Bertz CT molecular complexity index is 1770. The van der Waals surface area contributed by atoms with E-state index in [9.17, 15) is 32.7 Å². The van der Waals surface area contributed by atoms with Crippen molar-refractivity contribution in [2.45, 2.75) is 52.1 Å². The van der Waals surface area contributed by atoms with Gasteiger partial charge in [0.05, 0.1) is 29.3 Å². The van der Waals surface area contributed by atoms with Crippen LogP contribution in [0.1, 0.15) is 53.0 Å². The van der Waals surface area contributed by atoms with E-state index in [1.807, 2.05) is 11.6 Å². The number of aliphatic carboxylic acids is 1. The van der Waals surface area contributed by atoms with E-state index >= 15 is 4.39 Å². The number of nitrogens with one attached hydrogen (secondary N) is 3. The van der Waals surface area contributed by atoms with E-state index in [1.165, 1.54) is 12.1 Å². The lowest BCUT2D eigenvalue weighted by Crippen LogP contribution is -2.41. The number of amides is 2. The second kappa shape index (κ2) is 13.9. The lowest BCUT2D eigenvalue weighted by Gasteiger charge is -2.24.